The molecule has 11 nitrogen and oxygen atoms in total. The van der Waals surface area contributed by atoms with Crippen LogP contribution in [0.25, 0.3) is 0 Å². The molecule has 0 saturated heterocycles. The van der Waals surface area contributed by atoms with Crippen LogP contribution in [0.1, 0.15) is 31.0 Å². The van der Waals surface area contributed by atoms with Gasteiger partial charge >= 0.3 is 12.0 Å². The third kappa shape index (κ3) is 7.17. The van der Waals surface area contributed by atoms with E-state index in [9.17, 15) is 14.7 Å². The predicted octanol–water partition coefficient (Wildman–Crippen LogP) is 3.74. The van der Waals surface area contributed by atoms with E-state index in [2.05, 4.69) is 53.0 Å². The molecule has 2 atom stereocenters. The summed E-state index contributed by atoms with van der Waals surface area (Å²) in [6.07, 6.45) is 0.422. The largest absolute Gasteiger partial charge is 0.494 e. The number of carbonyl (C=O) groups is 2. The van der Waals surface area contributed by atoms with Crippen LogP contribution in [0.15, 0.2) is 55.6 Å². The molecule has 3 rings (SSSR count). The van der Waals surface area contributed by atoms with Gasteiger partial charge in [0.2, 0.25) is 0 Å². The van der Waals surface area contributed by atoms with E-state index >= 15 is 0 Å². The van der Waals surface area contributed by atoms with Gasteiger partial charge in [-0.15, -0.1) is 0 Å². The molecule has 4 N–H and O–H groups in total. The number of hydrazone groups is 1. The van der Waals surface area contributed by atoms with Crippen molar-refractivity contribution >= 4 is 50.1 Å². The molecule has 2 amide bonds. The maximum Gasteiger partial charge on any atom is 0.337 e. The van der Waals surface area contributed by atoms with Gasteiger partial charge in [0.05, 0.1) is 47.6 Å². The SMILES string of the molecule is CCOc1cc([C@H]2NC(=O)NC(C)=C2C(=O)OC)ccc1OC[C@H](O)N/N=C\c1cc(Br)c(OC)c(Br)c1. The molecule has 2 aromatic rings. The molecule has 2 aromatic carbocycles. The summed E-state index contributed by atoms with van der Waals surface area (Å²) < 4.78 is 23.2. The average Bonchev–Trinajstić information content (AvgIpc) is 2.87. The van der Waals surface area contributed by atoms with Crippen molar-refractivity contribution in [1.82, 2.24) is 16.1 Å². The molecular formula is C25H28Br2N4O7. The molecule has 0 aliphatic carbocycles. The number of allylic oxidation sites excluding steroid dienone is 1. The van der Waals surface area contributed by atoms with Crippen molar-refractivity contribution in [2.24, 2.45) is 5.10 Å². The summed E-state index contributed by atoms with van der Waals surface area (Å²) in [6.45, 7) is 3.65. The van der Waals surface area contributed by atoms with Crippen LogP contribution in [0.5, 0.6) is 17.2 Å². The second-order valence-electron chi connectivity index (χ2n) is 7.93. The Bertz CT molecular complexity index is 1230. The number of urea groups is 1. The number of aliphatic hydroxyl groups excluding tert-OH is 1. The first-order chi connectivity index (χ1) is 18.2. The Morgan fingerprint density at radius 1 is 1.18 bits per heavy atom. The van der Waals surface area contributed by atoms with Gasteiger partial charge in [-0.05, 0) is 81.1 Å². The van der Waals surface area contributed by atoms with Crippen LogP contribution in [-0.2, 0) is 9.53 Å². The van der Waals surface area contributed by atoms with Gasteiger partial charge in [0.25, 0.3) is 0 Å². The first-order valence-electron chi connectivity index (χ1n) is 11.4. The highest BCUT2D eigenvalue weighted by Gasteiger charge is 2.32. The third-order valence-corrected chi connectivity index (χ3v) is 6.51. The van der Waals surface area contributed by atoms with Gasteiger partial charge in [0.15, 0.2) is 17.7 Å². The summed E-state index contributed by atoms with van der Waals surface area (Å²) in [4.78, 5) is 24.5. The van der Waals surface area contributed by atoms with E-state index in [0.29, 0.717) is 35.1 Å². The Balaban J connectivity index is 1.70. The van der Waals surface area contributed by atoms with E-state index in [1.54, 1.807) is 38.4 Å². The van der Waals surface area contributed by atoms with Crippen LogP contribution in [0.3, 0.4) is 0 Å². The number of hydrogen-bond acceptors (Lipinski definition) is 9. The number of esters is 1. The monoisotopic (exact) mass is 654 g/mol. The highest BCUT2D eigenvalue weighted by molar-refractivity contribution is 9.11. The number of halogens is 2. The van der Waals surface area contributed by atoms with Gasteiger partial charge in [-0.25, -0.2) is 9.59 Å². The normalized spacial score (nSPS) is 16.0. The molecule has 1 aliphatic rings. The topological polar surface area (TPSA) is 140 Å². The summed E-state index contributed by atoms with van der Waals surface area (Å²) in [5.41, 5.74) is 4.63. The van der Waals surface area contributed by atoms with Gasteiger partial charge in [-0.1, -0.05) is 6.07 Å². The summed E-state index contributed by atoms with van der Waals surface area (Å²) in [7, 11) is 2.85. The minimum atomic E-state index is -1.12. The second-order valence-corrected chi connectivity index (χ2v) is 9.64. The van der Waals surface area contributed by atoms with E-state index in [1.165, 1.54) is 7.11 Å². The second kappa shape index (κ2) is 13.5. The number of nitrogens with zero attached hydrogens (tertiary/aromatic N) is 1. The fourth-order valence-electron chi connectivity index (χ4n) is 3.67. The van der Waals surface area contributed by atoms with Crippen molar-refractivity contribution in [2.45, 2.75) is 26.1 Å². The minimum Gasteiger partial charge on any atom is -0.494 e. The van der Waals surface area contributed by atoms with Crippen LogP contribution >= 0.6 is 31.9 Å². The smallest absolute Gasteiger partial charge is 0.337 e. The quantitative estimate of drug-likeness (QED) is 0.124. The fourth-order valence-corrected chi connectivity index (χ4v) is 5.21. The summed E-state index contributed by atoms with van der Waals surface area (Å²) in [6, 6.07) is 7.46. The summed E-state index contributed by atoms with van der Waals surface area (Å²) in [5, 5.41) is 19.7. The molecule has 0 fully saturated rings. The number of hydrogen-bond donors (Lipinski definition) is 4. The first-order valence-corrected chi connectivity index (χ1v) is 13.0. The third-order valence-electron chi connectivity index (χ3n) is 5.33. The Morgan fingerprint density at radius 2 is 1.89 bits per heavy atom. The van der Waals surface area contributed by atoms with E-state index in [1.807, 2.05) is 19.1 Å². The van der Waals surface area contributed by atoms with Crippen LogP contribution < -0.4 is 30.3 Å². The van der Waals surface area contributed by atoms with Crippen LogP contribution in [0, 0.1) is 0 Å². The summed E-state index contributed by atoms with van der Waals surface area (Å²) in [5.74, 6) is 0.838. The Labute approximate surface area is 236 Å². The van der Waals surface area contributed by atoms with Gasteiger partial charge in [0.1, 0.15) is 12.4 Å². The average molecular weight is 656 g/mol. The molecule has 38 heavy (non-hydrogen) atoms. The number of nitrogens with one attached hydrogen (secondary N) is 3. The van der Waals surface area contributed by atoms with Crippen molar-refractivity contribution in [2.75, 3.05) is 27.4 Å². The molecule has 0 radical (unpaired) electrons. The number of amides is 2. The molecule has 1 aliphatic heterocycles. The molecule has 0 spiro atoms. The van der Waals surface area contributed by atoms with Crippen molar-refractivity contribution in [3.63, 3.8) is 0 Å². The zero-order valence-electron chi connectivity index (χ0n) is 21.1. The van der Waals surface area contributed by atoms with Crippen LogP contribution in [0.4, 0.5) is 4.79 Å². The van der Waals surface area contributed by atoms with Gasteiger partial charge < -0.3 is 34.7 Å². The predicted molar refractivity (Wildman–Crippen MR) is 147 cm³/mol. The summed E-state index contributed by atoms with van der Waals surface area (Å²) >= 11 is 6.86. The molecule has 13 heteroatoms. The number of ether oxygens (including phenoxy) is 4. The Hall–Kier alpha value is -3.29. The van der Waals surface area contributed by atoms with Crippen LogP contribution in [-0.4, -0.2) is 57.0 Å². The van der Waals surface area contributed by atoms with Crippen LogP contribution in [0.2, 0.25) is 0 Å². The van der Waals surface area contributed by atoms with Gasteiger partial charge in [-0.3, -0.25) is 5.43 Å². The lowest BCUT2D eigenvalue weighted by Gasteiger charge is -2.28. The van der Waals surface area contributed by atoms with E-state index < -0.39 is 24.3 Å². The molecule has 0 unspecified atom stereocenters. The fraction of sp³-hybridized carbons (Fsp3) is 0.320. The lowest BCUT2D eigenvalue weighted by atomic mass is 9.95. The minimum absolute atomic E-state index is 0.136. The highest BCUT2D eigenvalue weighted by atomic mass is 79.9. The zero-order chi connectivity index (χ0) is 27.8. The van der Waals surface area contributed by atoms with Crippen molar-refractivity contribution in [3.8, 4) is 17.2 Å². The molecular weight excluding hydrogens is 628 g/mol. The van der Waals surface area contributed by atoms with Gasteiger partial charge in [0, 0.05) is 5.70 Å². The molecule has 0 bridgehead atoms. The molecule has 204 valence electrons. The van der Waals surface area contributed by atoms with Crippen molar-refractivity contribution in [1.29, 1.82) is 0 Å². The zero-order valence-corrected chi connectivity index (χ0v) is 24.3. The van der Waals surface area contributed by atoms with Gasteiger partial charge in [-0.2, -0.15) is 5.10 Å². The number of benzene rings is 2. The molecule has 0 saturated carbocycles. The van der Waals surface area contributed by atoms with Crippen molar-refractivity contribution in [3.05, 3.63) is 61.7 Å². The standard InChI is InChI=1S/C25H28Br2N4O7/c1-5-37-19-10-15(22-21(24(33)36-4)13(2)29-25(34)30-22)6-7-18(19)38-12-20(32)31-28-11-14-8-16(26)23(35-3)17(27)9-14/h6-11,20,22,31-32H,5,12H2,1-4H3,(H2,29,30,34)/b28-11-/t20-,22+/m0/s1. The number of aliphatic hydroxyl groups is 1. The maximum atomic E-state index is 12.4. The maximum absolute atomic E-state index is 12.4. The highest BCUT2D eigenvalue weighted by Crippen LogP contribution is 2.35. The van der Waals surface area contributed by atoms with Crippen molar-refractivity contribution < 1.29 is 33.6 Å². The molecule has 1 heterocycles. The lowest BCUT2D eigenvalue weighted by Crippen LogP contribution is -2.45. The number of methoxy groups -OCH3 is 2. The number of carbonyl (C=O) groups excluding carboxylic acids is 2. The van der Waals surface area contributed by atoms with E-state index in [0.717, 1.165) is 14.5 Å². The number of rotatable bonds is 11. The lowest BCUT2D eigenvalue weighted by molar-refractivity contribution is -0.136. The van der Waals surface area contributed by atoms with E-state index in [4.69, 9.17) is 18.9 Å². The van der Waals surface area contributed by atoms with E-state index in [-0.39, 0.29) is 12.2 Å². The Kier molecular flexibility index (Phi) is 10.4. The molecule has 0 aromatic heterocycles. The Morgan fingerprint density at radius 3 is 2.53 bits per heavy atom. The first kappa shape index (κ1) is 29.3.